The molecule has 2 aromatic carbocycles. The summed E-state index contributed by atoms with van der Waals surface area (Å²) in [5, 5.41) is 22.8. The number of hydrogen-bond donors (Lipinski definition) is 1. The molecule has 0 aliphatic carbocycles. The molecule has 0 aliphatic heterocycles. The lowest BCUT2D eigenvalue weighted by molar-refractivity contribution is -0.118. The van der Waals surface area contributed by atoms with E-state index in [4.69, 9.17) is 0 Å². The molecule has 0 saturated carbocycles. The van der Waals surface area contributed by atoms with Gasteiger partial charge in [-0.25, -0.2) is 0 Å². The van der Waals surface area contributed by atoms with Crippen LogP contribution in [0.2, 0.25) is 0 Å². The molecule has 0 unspecified atom stereocenters. The quantitative estimate of drug-likeness (QED) is 0.261. The number of Topliss-reactive ketones (excluding diaryl/α,β-unsaturated/α-hetero) is 1. The van der Waals surface area contributed by atoms with Crippen molar-refractivity contribution in [1.82, 2.24) is 20.4 Å². The van der Waals surface area contributed by atoms with E-state index in [1.165, 1.54) is 22.7 Å². The maximum atomic E-state index is 12.4. The monoisotopic (exact) mass is 519 g/mol. The fraction of sp³-hybridized carbons (Fsp3) is 0.333. The van der Waals surface area contributed by atoms with E-state index in [-0.39, 0.29) is 11.7 Å². The number of benzene rings is 2. The van der Waals surface area contributed by atoms with Gasteiger partial charge in [-0.2, -0.15) is 0 Å². The van der Waals surface area contributed by atoms with Crippen LogP contribution in [0.15, 0.2) is 48.5 Å². The van der Waals surface area contributed by atoms with Crippen molar-refractivity contribution in [3.05, 3.63) is 85.8 Å². The van der Waals surface area contributed by atoms with Crippen molar-refractivity contribution in [1.29, 1.82) is 0 Å². The minimum absolute atomic E-state index is 0.0901. The van der Waals surface area contributed by atoms with Crippen LogP contribution in [0.4, 0.5) is 5.13 Å². The van der Waals surface area contributed by atoms with Gasteiger partial charge in [0.1, 0.15) is 20.8 Å². The third-order valence-corrected chi connectivity index (χ3v) is 7.41. The molecule has 4 aromatic rings. The van der Waals surface area contributed by atoms with Crippen molar-refractivity contribution in [2.45, 2.75) is 58.8 Å². The Hall–Kier alpha value is -3.30. The smallest absolute Gasteiger partial charge is 0.230 e. The topological polar surface area (TPSA) is 97.7 Å². The lowest BCUT2D eigenvalue weighted by atomic mass is 10.1. The van der Waals surface area contributed by atoms with E-state index in [0.29, 0.717) is 24.4 Å². The molecule has 0 saturated heterocycles. The first kappa shape index (κ1) is 25.8. The molecule has 4 rings (SSSR count). The minimum Gasteiger partial charge on any atom is -0.300 e. The number of hydrogen-bond acceptors (Lipinski definition) is 8. The highest BCUT2D eigenvalue weighted by molar-refractivity contribution is 7.15. The molecular weight excluding hydrogens is 490 g/mol. The highest BCUT2D eigenvalue weighted by atomic mass is 32.1. The second-order valence-electron chi connectivity index (χ2n) is 8.89. The number of carbonyl (C=O) groups is 2. The van der Waals surface area contributed by atoms with E-state index < -0.39 is 0 Å². The molecule has 2 aromatic heterocycles. The van der Waals surface area contributed by atoms with Gasteiger partial charge in [0.2, 0.25) is 11.0 Å². The number of aryl methyl sites for hydroxylation is 4. The summed E-state index contributed by atoms with van der Waals surface area (Å²) in [7, 11) is 0. The Balaban J connectivity index is 1.15. The summed E-state index contributed by atoms with van der Waals surface area (Å²) in [5.41, 5.74) is 4.31. The lowest BCUT2D eigenvalue weighted by Crippen LogP contribution is -2.14. The molecule has 1 amide bonds. The average molecular weight is 520 g/mol. The number of aromatic nitrogens is 4. The number of carbonyl (C=O) groups excluding carboxylic acids is 2. The number of unbranched alkanes of at least 4 members (excludes halogenated alkanes) is 1. The van der Waals surface area contributed by atoms with E-state index in [2.05, 4.69) is 25.7 Å². The summed E-state index contributed by atoms with van der Waals surface area (Å²) in [5.74, 6) is 0.0640. The lowest BCUT2D eigenvalue weighted by Gasteiger charge is -2.02. The molecule has 2 heterocycles. The van der Waals surface area contributed by atoms with Gasteiger partial charge < -0.3 is 5.32 Å². The van der Waals surface area contributed by atoms with Crippen molar-refractivity contribution in [2.75, 3.05) is 5.32 Å². The number of nitrogens with one attached hydrogen (secondary N) is 1. The van der Waals surface area contributed by atoms with Crippen molar-refractivity contribution in [3.8, 4) is 0 Å². The van der Waals surface area contributed by atoms with Gasteiger partial charge in [-0.3, -0.25) is 9.59 Å². The number of nitrogens with zero attached hydrogens (tertiary/aromatic N) is 4. The summed E-state index contributed by atoms with van der Waals surface area (Å²) in [6, 6.07) is 16.0. The first-order valence-electron chi connectivity index (χ1n) is 12.0. The van der Waals surface area contributed by atoms with Gasteiger partial charge in [0, 0.05) is 19.3 Å². The highest BCUT2D eigenvalue weighted by Crippen LogP contribution is 2.19. The van der Waals surface area contributed by atoms with Crippen molar-refractivity contribution < 1.29 is 9.59 Å². The molecular formula is C27H29N5O2S2. The molecule has 9 heteroatoms. The zero-order valence-electron chi connectivity index (χ0n) is 20.5. The van der Waals surface area contributed by atoms with Crippen LogP contribution < -0.4 is 5.32 Å². The van der Waals surface area contributed by atoms with Crippen LogP contribution in [-0.4, -0.2) is 32.1 Å². The first-order chi connectivity index (χ1) is 17.4. The molecule has 7 nitrogen and oxygen atoms in total. The number of ketones is 1. The molecule has 186 valence electrons. The second kappa shape index (κ2) is 12.6. The van der Waals surface area contributed by atoms with Gasteiger partial charge in [0.25, 0.3) is 0 Å². The van der Waals surface area contributed by atoms with E-state index in [1.807, 2.05) is 62.4 Å². The first-order valence-corrected chi connectivity index (χ1v) is 13.6. The Bertz CT molecular complexity index is 1230. The predicted molar refractivity (Wildman–Crippen MR) is 144 cm³/mol. The van der Waals surface area contributed by atoms with Crippen LogP contribution in [0, 0.1) is 13.8 Å². The van der Waals surface area contributed by atoms with Gasteiger partial charge >= 0.3 is 0 Å². The van der Waals surface area contributed by atoms with E-state index in [1.54, 1.807) is 0 Å². The normalized spacial score (nSPS) is 10.9. The molecule has 0 radical (unpaired) electrons. The fourth-order valence-electron chi connectivity index (χ4n) is 3.87. The summed E-state index contributed by atoms with van der Waals surface area (Å²) in [6.07, 6.45) is 4.57. The van der Waals surface area contributed by atoms with Gasteiger partial charge in [-0.05, 0) is 37.8 Å². The van der Waals surface area contributed by atoms with E-state index in [0.717, 1.165) is 63.0 Å². The Morgan fingerprint density at radius 3 is 1.97 bits per heavy atom. The Labute approximate surface area is 219 Å². The average Bonchev–Trinajstić information content (AvgIpc) is 3.46. The predicted octanol–water partition coefficient (Wildman–Crippen LogP) is 5.11. The van der Waals surface area contributed by atoms with E-state index >= 15 is 0 Å². The largest absolute Gasteiger partial charge is 0.300 e. The molecule has 0 spiro atoms. The van der Waals surface area contributed by atoms with Crippen molar-refractivity contribution in [2.24, 2.45) is 0 Å². The molecule has 1 N–H and O–H groups in total. The van der Waals surface area contributed by atoms with Gasteiger partial charge in [-0.15, -0.1) is 31.7 Å². The maximum Gasteiger partial charge on any atom is 0.230 e. The third-order valence-electron chi connectivity index (χ3n) is 5.53. The molecule has 0 fully saturated rings. The molecule has 0 aliphatic rings. The Morgan fingerprint density at radius 1 is 0.722 bits per heavy atom. The summed E-state index contributed by atoms with van der Waals surface area (Å²) < 4.78 is 0. The highest BCUT2D eigenvalue weighted by Gasteiger charge is 2.12. The van der Waals surface area contributed by atoms with Gasteiger partial charge in [0.15, 0.2) is 0 Å². The number of anilines is 1. The molecule has 0 atom stereocenters. The van der Waals surface area contributed by atoms with E-state index in [9.17, 15) is 9.59 Å². The maximum absolute atomic E-state index is 12.4. The van der Waals surface area contributed by atoms with Crippen molar-refractivity contribution in [3.63, 3.8) is 0 Å². The van der Waals surface area contributed by atoms with Gasteiger partial charge in [0.05, 0.1) is 12.8 Å². The molecule has 36 heavy (non-hydrogen) atoms. The Morgan fingerprint density at radius 2 is 1.31 bits per heavy atom. The summed E-state index contributed by atoms with van der Waals surface area (Å²) >= 11 is 2.93. The zero-order chi connectivity index (χ0) is 25.3. The van der Waals surface area contributed by atoms with Crippen LogP contribution >= 0.6 is 22.7 Å². The summed E-state index contributed by atoms with van der Waals surface area (Å²) in [6.45, 7) is 4.04. The number of amides is 1. The van der Waals surface area contributed by atoms with Crippen LogP contribution in [0.3, 0.4) is 0 Å². The summed E-state index contributed by atoms with van der Waals surface area (Å²) in [4.78, 5) is 24.7. The second-order valence-corrected chi connectivity index (χ2v) is 11.1. The van der Waals surface area contributed by atoms with Crippen LogP contribution in [0.5, 0.6) is 0 Å². The minimum atomic E-state index is -0.0901. The number of rotatable bonds is 12. The SMILES string of the molecule is Cc1cccc(CC(=O)Cc2nnc(CCCCc3nnc(NC(=O)Cc4cccc(C)c4)s3)s2)c1. The molecule has 0 bridgehead atoms. The van der Waals surface area contributed by atoms with Crippen molar-refractivity contribution >= 4 is 39.5 Å². The van der Waals surface area contributed by atoms with Crippen LogP contribution in [0.1, 0.15) is 50.1 Å². The zero-order valence-corrected chi connectivity index (χ0v) is 22.1. The standard InChI is InChI=1S/C27H29N5O2S2/c1-18-7-5-9-20(13-18)15-22(33)17-26-31-29-24(35-26)11-3-4-12-25-30-32-27(36-25)28-23(34)16-21-10-6-8-19(2)14-21/h5-10,13-14H,3-4,11-12,15-17H2,1-2H3,(H,28,32,34). The fourth-order valence-corrected chi connectivity index (χ4v) is 5.58. The van der Waals surface area contributed by atoms with Crippen LogP contribution in [0.25, 0.3) is 0 Å². The third kappa shape index (κ3) is 8.13. The van der Waals surface area contributed by atoms with Crippen LogP contribution in [-0.2, 0) is 41.7 Å². The Kier molecular flexibility index (Phi) is 9.02. The van der Waals surface area contributed by atoms with Gasteiger partial charge in [-0.1, -0.05) is 71.0 Å².